The van der Waals surface area contributed by atoms with Crippen LogP contribution in [0.2, 0.25) is 0 Å². The molecule has 0 radical (unpaired) electrons. The first-order chi connectivity index (χ1) is 8.34. The van der Waals surface area contributed by atoms with Crippen molar-refractivity contribution in [3.8, 4) is 0 Å². The molecule has 1 saturated carbocycles. The molecule has 100 valence electrons. The molecule has 17 heavy (non-hydrogen) atoms. The lowest BCUT2D eigenvalue weighted by atomic mass is 10.3. The Bertz CT molecular complexity index is 204. The highest BCUT2D eigenvalue weighted by atomic mass is 16.5. The summed E-state index contributed by atoms with van der Waals surface area (Å²) in [5.74, 6) is 0.843. The summed E-state index contributed by atoms with van der Waals surface area (Å²) >= 11 is 0. The topological polar surface area (TPSA) is 44.7 Å². The molecule has 1 aliphatic heterocycles. The molecule has 1 saturated heterocycles. The molecule has 2 rings (SSSR count). The van der Waals surface area contributed by atoms with Crippen LogP contribution in [-0.4, -0.2) is 62.0 Å². The predicted octanol–water partition coefficient (Wildman–Crippen LogP) is 0.459. The fourth-order valence-corrected chi connectivity index (χ4v) is 2.28. The Morgan fingerprint density at radius 1 is 1.29 bits per heavy atom. The standard InChI is InChI=1S/C13H26N2O2/c16-13(10-15-6-1-2-7-15)9-14-5-8-17-11-12-3-4-12/h12-14,16H,1-11H2. The number of aliphatic hydroxyl groups excluding tert-OH is 1. The van der Waals surface area contributed by atoms with E-state index in [1.54, 1.807) is 0 Å². The molecule has 4 nitrogen and oxygen atoms in total. The van der Waals surface area contributed by atoms with Gasteiger partial charge >= 0.3 is 0 Å². The quantitative estimate of drug-likeness (QED) is 0.577. The second kappa shape index (κ2) is 7.31. The monoisotopic (exact) mass is 242 g/mol. The summed E-state index contributed by atoms with van der Waals surface area (Å²) in [4.78, 5) is 2.34. The third-order valence-electron chi connectivity index (χ3n) is 3.52. The first-order valence-corrected chi connectivity index (χ1v) is 7.03. The summed E-state index contributed by atoms with van der Waals surface area (Å²) in [6.07, 6.45) is 5.03. The lowest BCUT2D eigenvalue weighted by Crippen LogP contribution is -2.38. The highest BCUT2D eigenvalue weighted by Gasteiger charge is 2.20. The minimum atomic E-state index is -0.239. The van der Waals surface area contributed by atoms with Crippen LogP contribution in [-0.2, 0) is 4.74 Å². The van der Waals surface area contributed by atoms with Gasteiger partial charge in [0.25, 0.3) is 0 Å². The van der Waals surface area contributed by atoms with Crippen molar-refractivity contribution < 1.29 is 9.84 Å². The molecule has 0 aromatic carbocycles. The number of β-amino-alcohol motifs (C(OH)–C–C–N with tert-alkyl or cyclic N) is 1. The smallest absolute Gasteiger partial charge is 0.0791 e. The van der Waals surface area contributed by atoms with E-state index in [1.807, 2.05) is 0 Å². The average Bonchev–Trinajstić information content (AvgIpc) is 3.00. The van der Waals surface area contributed by atoms with E-state index in [2.05, 4.69) is 10.2 Å². The van der Waals surface area contributed by atoms with E-state index in [4.69, 9.17) is 4.74 Å². The largest absolute Gasteiger partial charge is 0.390 e. The van der Waals surface area contributed by atoms with Crippen molar-refractivity contribution in [3.63, 3.8) is 0 Å². The molecule has 0 amide bonds. The summed E-state index contributed by atoms with van der Waals surface area (Å²) < 4.78 is 5.52. The van der Waals surface area contributed by atoms with Gasteiger partial charge < -0.3 is 20.1 Å². The normalized spacial score (nSPS) is 23.1. The van der Waals surface area contributed by atoms with Crippen molar-refractivity contribution in [2.45, 2.75) is 31.8 Å². The Morgan fingerprint density at radius 2 is 2.06 bits per heavy atom. The molecule has 0 aromatic heterocycles. The van der Waals surface area contributed by atoms with Crippen molar-refractivity contribution in [3.05, 3.63) is 0 Å². The van der Waals surface area contributed by atoms with Crippen molar-refractivity contribution in [1.82, 2.24) is 10.2 Å². The minimum absolute atomic E-state index is 0.239. The van der Waals surface area contributed by atoms with Gasteiger partial charge in [-0.1, -0.05) is 0 Å². The van der Waals surface area contributed by atoms with Gasteiger partial charge in [-0.2, -0.15) is 0 Å². The zero-order valence-corrected chi connectivity index (χ0v) is 10.7. The highest BCUT2D eigenvalue weighted by Crippen LogP contribution is 2.28. The number of rotatable bonds is 9. The van der Waals surface area contributed by atoms with Crippen LogP contribution in [0.1, 0.15) is 25.7 Å². The summed E-state index contributed by atoms with van der Waals surface area (Å²) in [7, 11) is 0. The Morgan fingerprint density at radius 3 is 2.76 bits per heavy atom. The maximum atomic E-state index is 9.82. The molecule has 2 aliphatic rings. The van der Waals surface area contributed by atoms with Crippen LogP contribution in [0.15, 0.2) is 0 Å². The fourth-order valence-electron chi connectivity index (χ4n) is 2.28. The van der Waals surface area contributed by atoms with E-state index in [-0.39, 0.29) is 6.10 Å². The lowest BCUT2D eigenvalue weighted by Gasteiger charge is -2.19. The molecule has 2 fully saturated rings. The number of hydrogen-bond acceptors (Lipinski definition) is 4. The van der Waals surface area contributed by atoms with Crippen molar-refractivity contribution in [2.75, 3.05) is 45.9 Å². The Hall–Kier alpha value is -0.160. The molecular formula is C13H26N2O2. The van der Waals surface area contributed by atoms with Crippen LogP contribution in [0.4, 0.5) is 0 Å². The van der Waals surface area contributed by atoms with Crippen molar-refractivity contribution in [2.24, 2.45) is 5.92 Å². The van der Waals surface area contributed by atoms with E-state index >= 15 is 0 Å². The third kappa shape index (κ3) is 5.82. The van der Waals surface area contributed by atoms with Gasteiger partial charge in [-0.25, -0.2) is 0 Å². The van der Waals surface area contributed by atoms with Gasteiger partial charge in [0.2, 0.25) is 0 Å². The Kier molecular flexibility index (Phi) is 5.71. The van der Waals surface area contributed by atoms with E-state index in [9.17, 15) is 5.11 Å². The summed E-state index contributed by atoms with van der Waals surface area (Å²) in [5, 5.41) is 13.1. The van der Waals surface area contributed by atoms with Crippen LogP contribution < -0.4 is 5.32 Å². The van der Waals surface area contributed by atoms with Gasteiger partial charge in [-0.3, -0.25) is 0 Å². The van der Waals surface area contributed by atoms with Crippen LogP contribution in [0.5, 0.6) is 0 Å². The van der Waals surface area contributed by atoms with Crippen molar-refractivity contribution >= 4 is 0 Å². The number of aliphatic hydroxyl groups is 1. The predicted molar refractivity (Wildman–Crippen MR) is 68.1 cm³/mol. The number of hydrogen-bond donors (Lipinski definition) is 2. The van der Waals surface area contributed by atoms with Crippen LogP contribution in [0.3, 0.4) is 0 Å². The van der Waals surface area contributed by atoms with E-state index in [0.29, 0.717) is 6.54 Å². The maximum absolute atomic E-state index is 9.82. The number of nitrogens with one attached hydrogen (secondary N) is 1. The van der Waals surface area contributed by atoms with Gasteiger partial charge in [0, 0.05) is 26.2 Å². The molecule has 0 spiro atoms. The van der Waals surface area contributed by atoms with Crippen LogP contribution >= 0.6 is 0 Å². The Labute approximate surface area is 104 Å². The lowest BCUT2D eigenvalue weighted by molar-refractivity contribution is 0.107. The van der Waals surface area contributed by atoms with Gasteiger partial charge in [0.05, 0.1) is 12.7 Å². The second-order valence-electron chi connectivity index (χ2n) is 5.38. The summed E-state index contributed by atoms with van der Waals surface area (Å²) in [6, 6.07) is 0. The van der Waals surface area contributed by atoms with E-state index in [0.717, 1.165) is 45.3 Å². The molecular weight excluding hydrogens is 216 g/mol. The third-order valence-corrected chi connectivity index (χ3v) is 3.52. The van der Waals surface area contributed by atoms with Gasteiger partial charge in [0.1, 0.15) is 0 Å². The molecule has 0 bridgehead atoms. The average molecular weight is 242 g/mol. The van der Waals surface area contributed by atoms with Crippen LogP contribution in [0.25, 0.3) is 0 Å². The number of likely N-dealkylation sites (tertiary alicyclic amines) is 1. The highest BCUT2D eigenvalue weighted by molar-refractivity contribution is 4.72. The van der Waals surface area contributed by atoms with Gasteiger partial charge in [0.15, 0.2) is 0 Å². The maximum Gasteiger partial charge on any atom is 0.0791 e. The van der Waals surface area contributed by atoms with E-state index in [1.165, 1.54) is 25.7 Å². The van der Waals surface area contributed by atoms with Crippen molar-refractivity contribution in [1.29, 1.82) is 0 Å². The number of nitrogens with zero attached hydrogens (tertiary/aromatic N) is 1. The molecule has 4 heteroatoms. The molecule has 0 aromatic rings. The molecule has 1 atom stereocenters. The fraction of sp³-hybridized carbons (Fsp3) is 1.00. The Balaban J connectivity index is 1.38. The molecule has 2 N–H and O–H groups in total. The second-order valence-corrected chi connectivity index (χ2v) is 5.38. The van der Waals surface area contributed by atoms with E-state index < -0.39 is 0 Å². The molecule has 1 heterocycles. The first kappa shape index (κ1) is 13.3. The van der Waals surface area contributed by atoms with Gasteiger partial charge in [-0.15, -0.1) is 0 Å². The van der Waals surface area contributed by atoms with Crippen LogP contribution in [0, 0.1) is 5.92 Å². The zero-order chi connectivity index (χ0) is 11.9. The SMILES string of the molecule is OC(CNCCOCC1CC1)CN1CCCC1. The zero-order valence-electron chi connectivity index (χ0n) is 10.7. The summed E-state index contributed by atoms with van der Waals surface area (Å²) in [5.41, 5.74) is 0. The molecule has 1 aliphatic carbocycles. The minimum Gasteiger partial charge on any atom is -0.390 e. The first-order valence-electron chi connectivity index (χ1n) is 7.03. The van der Waals surface area contributed by atoms with Gasteiger partial charge in [-0.05, 0) is 44.7 Å². The number of ether oxygens (including phenoxy) is 1. The summed E-state index contributed by atoms with van der Waals surface area (Å²) in [6.45, 7) is 6.36. The molecule has 1 unspecified atom stereocenters.